The fraction of sp³-hybridized carbons (Fsp3) is 0.286. The Balaban J connectivity index is 2.33. The summed E-state index contributed by atoms with van der Waals surface area (Å²) in [5.74, 6) is -0.582. The molecule has 1 aromatic carbocycles. The highest BCUT2D eigenvalue weighted by Gasteiger charge is 2.07. The van der Waals surface area contributed by atoms with Crippen molar-refractivity contribution < 1.29 is 14.3 Å². The number of hydrogen-bond acceptors (Lipinski definition) is 3. The van der Waals surface area contributed by atoms with Gasteiger partial charge in [0.15, 0.2) is 0 Å². The summed E-state index contributed by atoms with van der Waals surface area (Å²) >= 11 is 0. The van der Waals surface area contributed by atoms with Crippen molar-refractivity contribution in [2.24, 2.45) is 0 Å². The largest absolute Gasteiger partial charge is 0.466 e. The molecule has 0 unspecified atom stereocenters. The number of Topliss-reactive ketones (excluding diaryl/α,β-unsaturated/α-hetero) is 1. The Morgan fingerprint density at radius 1 is 1.24 bits per heavy atom. The average Bonchev–Trinajstić information content (AvgIpc) is 2.30. The second-order valence-electron chi connectivity index (χ2n) is 3.54. The first-order valence-corrected chi connectivity index (χ1v) is 5.61. The average molecular weight is 232 g/mol. The lowest BCUT2D eigenvalue weighted by atomic mass is 10.1. The van der Waals surface area contributed by atoms with Crippen LogP contribution < -0.4 is 0 Å². The third kappa shape index (κ3) is 5.66. The molecule has 0 N–H and O–H groups in total. The molecule has 0 aromatic heterocycles. The van der Waals surface area contributed by atoms with E-state index in [0.29, 0.717) is 6.61 Å². The van der Waals surface area contributed by atoms with E-state index >= 15 is 0 Å². The summed E-state index contributed by atoms with van der Waals surface area (Å²) in [6, 6.07) is 9.70. The molecule has 0 heterocycles. The van der Waals surface area contributed by atoms with Crippen LogP contribution in [0.15, 0.2) is 36.4 Å². The van der Waals surface area contributed by atoms with Crippen LogP contribution in [-0.2, 0) is 14.3 Å². The van der Waals surface area contributed by atoms with E-state index in [0.717, 1.165) is 5.56 Å². The van der Waals surface area contributed by atoms with E-state index in [4.69, 9.17) is 4.74 Å². The number of hydrogen-bond donors (Lipinski definition) is 0. The first-order chi connectivity index (χ1) is 8.22. The van der Waals surface area contributed by atoms with E-state index in [9.17, 15) is 9.59 Å². The van der Waals surface area contributed by atoms with Gasteiger partial charge in [-0.05, 0) is 12.5 Å². The van der Waals surface area contributed by atoms with Gasteiger partial charge in [-0.1, -0.05) is 42.5 Å². The molecule has 0 aliphatic heterocycles. The molecule has 0 spiro atoms. The van der Waals surface area contributed by atoms with Gasteiger partial charge >= 0.3 is 5.97 Å². The van der Waals surface area contributed by atoms with Crippen molar-refractivity contribution in [2.75, 3.05) is 6.61 Å². The minimum Gasteiger partial charge on any atom is -0.466 e. The molecule has 0 aliphatic rings. The fourth-order valence-electron chi connectivity index (χ4n) is 1.34. The molecular formula is C14H16O3. The van der Waals surface area contributed by atoms with Crippen molar-refractivity contribution in [1.29, 1.82) is 0 Å². The Kier molecular flexibility index (Phi) is 5.72. The topological polar surface area (TPSA) is 43.4 Å². The highest BCUT2D eigenvalue weighted by molar-refractivity contribution is 5.96. The first kappa shape index (κ1) is 13.2. The monoisotopic (exact) mass is 232 g/mol. The van der Waals surface area contributed by atoms with Gasteiger partial charge in [0.1, 0.15) is 12.2 Å². The summed E-state index contributed by atoms with van der Waals surface area (Å²) in [4.78, 5) is 22.4. The summed E-state index contributed by atoms with van der Waals surface area (Å²) in [6.45, 7) is 2.03. The molecule has 3 nitrogen and oxygen atoms in total. The van der Waals surface area contributed by atoms with Crippen molar-refractivity contribution in [3.8, 4) is 0 Å². The lowest BCUT2D eigenvalue weighted by molar-refractivity contribution is -0.145. The van der Waals surface area contributed by atoms with Crippen LogP contribution in [0.25, 0.3) is 6.08 Å². The predicted octanol–water partition coefficient (Wildman–Crippen LogP) is 2.61. The highest BCUT2D eigenvalue weighted by atomic mass is 16.5. The van der Waals surface area contributed by atoms with E-state index in [1.54, 1.807) is 13.0 Å². The Morgan fingerprint density at radius 3 is 2.59 bits per heavy atom. The van der Waals surface area contributed by atoms with Crippen molar-refractivity contribution in [1.82, 2.24) is 0 Å². The third-order valence-corrected chi connectivity index (χ3v) is 2.10. The summed E-state index contributed by atoms with van der Waals surface area (Å²) in [6.07, 6.45) is 3.74. The zero-order chi connectivity index (χ0) is 12.5. The Hall–Kier alpha value is -1.90. The maximum absolute atomic E-state index is 11.4. The zero-order valence-electron chi connectivity index (χ0n) is 9.89. The Morgan fingerprint density at radius 2 is 1.94 bits per heavy atom. The van der Waals surface area contributed by atoms with Gasteiger partial charge in [-0.25, -0.2) is 0 Å². The number of esters is 1. The minimum atomic E-state index is -0.453. The van der Waals surface area contributed by atoms with Gasteiger partial charge in [0.2, 0.25) is 0 Å². The van der Waals surface area contributed by atoms with E-state index < -0.39 is 5.97 Å². The van der Waals surface area contributed by atoms with Crippen LogP contribution in [0.1, 0.15) is 25.3 Å². The molecule has 90 valence electrons. The maximum Gasteiger partial charge on any atom is 0.313 e. The molecule has 3 heteroatoms. The van der Waals surface area contributed by atoms with Gasteiger partial charge in [0, 0.05) is 6.42 Å². The number of carbonyl (C=O) groups is 2. The van der Waals surface area contributed by atoms with Crippen LogP contribution in [0.3, 0.4) is 0 Å². The van der Waals surface area contributed by atoms with Crippen LogP contribution in [0.5, 0.6) is 0 Å². The third-order valence-electron chi connectivity index (χ3n) is 2.10. The van der Waals surface area contributed by atoms with Gasteiger partial charge in [-0.15, -0.1) is 0 Å². The molecule has 0 saturated carbocycles. The standard InChI is InChI=1S/C14H16O3/c1-2-17-14(16)11-13(15)10-6-9-12-7-4-3-5-8-12/h3-9H,2,10-11H2,1H3/b9-6+. The summed E-state index contributed by atoms with van der Waals surface area (Å²) < 4.78 is 4.69. The van der Waals surface area contributed by atoms with Crippen molar-refractivity contribution in [3.63, 3.8) is 0 Å². The first-order valence-electron chi connectivity index (χ1n) is 5.61. The van der Waals surface area contributed by atoms with E-state index in [-0.39, 0.29) is 18.6 Å². The number of carbonyl (C=O) groups excluding carboxylic acids is 2. The zero-order valence-corrected chi connectivity index (χ0v) is 9.89. The van der Waals surface area contributed by atoms with E-state index in [1.807, 2.05) is 36.4 Å². The fourth-order valence-corrected chi connectivity index (χ4v) is 1.34. The maximum atomic E-state index is 11.4. The van der Waals surface area contributed by atoms with Gasteiger partial charge in [-0.2, -0.15) is 0 Å². The molecule has 17 heavy (non-hydrogen) atoms. The van der Waals surface area contributed by atoms with Crippen LogP contribution >= 0.6 is 0 Å². The molecule has 0 amide bonds. The quantitative estimate of drug-likeness (QED) is 0.559. The molecule has 0 bridgehead atoms. The van der Waals surface area contributed by atoms with Gasteiger partial charge in [0.05, 0.1) is 6.61 Å². The van der Waals surface area contributed by atoms with Crippen LogP contribution in [0.4, 0.5) is 0 Å². The number of rotatable bonds is 6. The van der Waals surface area contributed by atoms with Crippen molar-refractivity contribution in [2.45, 2.75) is 19.8 Å². The smallest absolute Gasteiger partial charge is 0.313 e. The number of allylic oxidation sites excluding steroid dienone is 1. The molecule has 1 rings (SSSR count). The summed E-state index contributed by atoms with van der Waals surface area (Å²) in [5, 5.41) is 0. The molecule has 0 atom stereocenters. The second kappa shape index (κ2) is 7.39. The summed E-state index contributed by atoms with van der Waals surface area (Å²) in [7, 11) is 0. The van der Waals surface area contributed by atoms with Crippen LogP contribution in [-0.4, -0.2) is 18.4 Å². The molecule has 0 aliphatic carbocycles. The normalized spacial score (nSPS) is 10.4. The lowest BCUT2D eigenvalue weighted by Gasteiger charge is -1.98. The molecule has 1 aromatic rings. The van der Waals surface area contributed by atoms with Gasteiger partial charge < -0.3 is 4.74 Å². The van der Waals surface area contributed by atoms with E-state index in [2.05, 4.69) is 0 Å². The van der Waals surface area contributed by atoms with E-state index in [1.165, 1.54) is 0 Å². The van der Waals surface area contributed by atoms with Gasteiger partial charge in [0.25, 0.3) is 0 Å². The second-order valence-corrected chi connectivity index (χ2v) is 3.54. The van der Waals surface area contributed by atoms with Crippen LogP contribution in [0, 0.1) is 0 Å². The molecular weight excluding hydrogens is 216 g/mol. The van der Waals surface area contributed by atoms with Gasteiger partial charge in [-0.3, -0.25) is 9.59 Å². The molecule has 0 saturated heterocycles. The number of ether oxygens (including phenoxy) is 1. The van der Waals surface area contributed by atoms with Crippen molar-refractivity contribution >= 4 is 17.8 Å². The number of ketones is 1. The Bertz CT molecular complexity index is 393. The van der Waals surface area contributed by atoms with Crippen LogP contribution in [0.2, 0.25) is 0 Å². The Labute approximate surface area is 101 Å². The minimum absolute atomic E-state index is 0.129. The predicted molar refractivity (Wildman–Crippen MR) is 66.4 cm³/mol. The molecule has 0 radical (unpaired) electrons. The van der Waals surface area contributed by atoms with Crippen molar-refractivity contribution in [3.05, 3.63) is 42.0 Å². The lowest BCUT2D eigenvalue weighted by Crippen LogP contribution is -2.10. The summed E-state index contributed by atoms with van der Waals surface area (Å²) in [5.41, 5.74) is 1.04. The SMILES string of the molecule is CCOC(=O)CC(=O)C/C=C/c1ccccc1. The number of benzene rings is 1. The highest BCUT2D eigenvalue weighted by Crippen LogP contribution is 2.03. The molecule has 0 fully saturated rings.